The molecule has 2 atom stereocenters. The zero-order valence-corrected chi connectivity index (χ0v) is 25.0. The second-order valence-corrected chi connectivity index (χ2v) is 12.6. The van der Waals surface area contributed by atoms with Crippen LogP contribution in [0, 0.1) is 0 Å². The third kappa shape index (κ3) is 6.92. The summed E-state index contributed by atoms with van der Waals surface area (Å²) in [6, 6.07) is 20.2. The van der Waals surface area contributed by atoms with Gasteiger partial charge in [-0.1, -0.05) is 60.7 Å². The highest BCUT2D eigenvalue weighted by atomic mass is 16.6. The first-order chi connectivity index (χ1) is 20.2. The number of carbonyl (C=O) groups is 2. The van der Waals surface area contributed by atoms with E-state index < -0.39 is 0 Å². The second-order valence-electron chi connectivity index (χ2n) is 12.6. The molecule has 8 heteroatoms. The number of hydrogen-bond donors (Lipinski definition) is 2. The maximum atomic E-state index is 12.4. The molecule has 0 unspecified atom stereocenters. The minimum absolute atomic E-state index is 0.0326. The molecule has 8 nitrogen and oxygen atoms in total. The summed E-state index contributed by atoms with van der Waals surface area (Å²) in [4.78, 5) is 28.4. The van der Waals surface area contributed by atoms with Gasteiger partial charge in [-0.05, 0) is 76.3 Å². The Morgan fingerprint density at radius 3 is 1.26 bits per heavy atom. The Morgan fingerprint density at radius 1 is 0.619 bits per heavy atom. The number of carbonyl (C=O) groups excluding carboxylic acids is 2. The van der Waals surface area contributed by atoms with E-state index in [0.29, 0.717) is 0 Å². The summed E-state index contributed by atoms with van der Waals surface area (Å²) < 4.78 is 11.6. The predicted molar refractivity (Wildman–Crippen MR) is 160 cm³/mol. The van der Waals surface area contributed by atoms with E-state index in [9.17, 15) is 19.8 Å². The molecule has 4 fully saturated rings. The number of benzene rings is 2. The molecule has 2 aliphatic heterocycles. The Kier molecular flexibility index (Phi) is 9.43. The van der Waals surface area contributed by atoms with Crippen LogP contribution in [0.4, 0.5) is 9.59 Å². The summed E-state index contributed by atoms with van der Waals surface area (Å²) in [7, 11) is 0. The molecule has 2 saturated heterocycles. The Bertz CT molecular complexity index is 1080. The first-order valence-corrected chi connectivity index (χ1v) is 15.6. The van der Waals surface area contributed by atoms with Crippen molar-refractivity contribution < 1.29 is 29.3 Å². The molecule has 2 N–H and O–H groups in total. The van der Waals surface area contributed by atoms with E-state index in [0.717, 1.165) is 88.4 Å². The summed E-state index contributed by atoms with van der Waals surface area (Å²) in [6.07, 6.45) is 6.94. The van der Waals surface area contributed by atoms with Gasteiger partial charge in [0.05, 0.1) is 24.3 Å². The van der Waals surface area contributed by atoms with E-state index in [4.69, 9.17) is 9.47 Å². The maximum Gasteiger partial charge on any atom is 0.410 e. The van der Waals surface area contributed by atoms with Crippen LogP contribution in [0.15, 0.2) is 60.7 Å². The molecular formula is C34H46N2O6. The van der Waals surface area contributed by atoms with Gasteiger partial charge in [0.1, 0.15) is 11.2 Å². The van der Waals surface area contributed by atoms with Crippen molar-refractivity contribution >= 4 is 12.2 Å². The molecule has 0 aromatic heterocycles. The SMILES string of the molecule is C[C@@H](c1ccccc1)N1CCC2(CCC(O)CC2)OC1=O.C[C@@H](c1ccccc1)N1CCC2(CCC(O)CC2)OC1=O. The van der Waals surface area contributed by atoms with Gasteiger partial charge in [-0.3, -0.25) is 0 Å². The van der Waals surface area contributed by atoms with Gasteiger partial charge < -0.3 is 29.5 Å². The van der Waals surface area contributed by atoms with E-state index >= 15 is 0 Å². The molecule has 228 valence electrons. The lowest BCUT2D eigenvalue weighted by Crippen LogP contribution is -2.52. The smallest absolute Gasteiger partial charge is 0.410 e. The normalized spacial score (nSPS) is 31.0. The van der Waals surface area contributed by atoms with Gasteiger partial charge >= 0.3 is 12.2 Å². The number of aliphatic hydroxyl groups is 2. The molecule has 0 bridgehead atoms. The Labute approximate surface area is 249 Å². The average molecular weight is 579 g/mol. The monoisotopic (exact) mass is 578 g/mol. The van der Waals surface area contributed by atoms with Crippen molar-refractivity contribution in [3.8, 4) is 0 Å². The fourth-order valence-electron chi connectivity index (χ4n) is 6.91. The summed E-state index contributed by atoms with van der Waals surface area (Å²) in [5, 5.41) is 19.3. The van der Waals surface area contributed by atoms with Gasteiger partial charge in [0, 0.05) is 25.9 Å². The zero-order valence-electron chi connectivity index (χ0n) is 25.0. The number of amides is 2. The molecule has 2 spiro atoms. The highest BCUT2D eigenvalue weighted by Crippen LogP contribution is 2.41. The molecule has 2 amide bonds. The van der Waals surface area contributed by atoms with Gasteiger partial charge in [0.2, 0.25) is 0 Å². The molecule has 2 aromatic carbocycles. The fraction of sp³-hybridized carbons (Fsp3) is 0.588. The van der Waals surface area contributed by atoms with E-state index in [2.05, 4.69) is 0 Å². The van der Waals surface area contributed by atoms with Crippen molar-refractivity contribution in [1.29, 1.82) is 0 Å². The van der Waals surface area contributed by atoms with Crippen molar-refractivity contribution in [3.63, 3.8) is 0 Å². The van der Waals surface area contributed by atoms with E-state index in [1.807, 2.05) is 84.3 Å². The van der Waals surface area contributed by atoms with E-state index in [1.54, 1.807) is 0 Å². The molecule has 2 aromatic rings. The fourth-order valence-corrected chi connectivity index (χ4v) is 6.91. The van der Waals surface area contributed by atoms with Crippen molar-refractivity contribution in [2.45, 2.75) is 114 Å². The van der Waals surface area contributed by atoms with Crippen LogP contribution >= 0.6 is 0 Å². The maximum absolute atomic E-state index is 12.4. The van der Waals surface area contributed by atoms with E-state index in [1.165, 1.54) is 0 Å². The van der Waals surface area contributed by atoms with Gasteiger partial charge in [0.15, 0.2) is 0 Å². The molecule has 2 saturated carbocycles. The standard InChI is InChI=1S/2C17H23NO3/c2*1-13(14-5-3-2-4-6-14)18-12-11-17(21-16(18)20)9-7-15(19)8-10-17/h2*2-6,13,15,19H,7-12H2,1H3/t2*13-,15?,17?/m00/s1. The first kappa shape index (κ1) is 30.4. The number of hydrogen-bond acceptors (Lipinski definition) is 6. The highest BCUT2D eigenvalue weighted by molar-refractivity contribution is 5.70. The van der Waals surface area contributed by atoms with Gasteiger partial charge in [-0.2, -0.15) is 0 Å². The van der Waals surface area contributed by atoms with Crippen LogP contribution in [0.25, 0.3) is 0 Å². The Hall–Kier alpha value is -3.10. The minimum atomic E-state index is -0.330. The third-order valence-corrected chi connectivity index (χ3v) is 9.92. The van der Waals surface area contributed by atoms with Gasteiger partial charge in [0.25, 0.3) is 0 Å². The first-order valence-electron chi connectivity index (χ1n) is 15.6. The Balaban J connectivity index is 0.000000168. The number of nitrogens with zero attached hydrogens (tertiary/aromatic N) is 2. The minimum Gasteiger partial charge on any atom is -0.443 e. The predicted octanol–water partition coefficient (Wildman–Crippen LogP) is 6.53. The molecule has 4 aliphatic rings. The van der Waals surface area contributed by atoms with Crippen LogP contribution < -0.4 is 0 Å². The molecule has 0 radical (unpaired) electrons. The van der Waals surface area contributed by atoms with Crippen LogP contribution in [0.3, 0.4) is 0 Å². The molecule has 42 heavy (non-hydrogen) atoms. The van der Waals surface area contributed by atoms with Crippen LogP contribution in [0.1, 0.15) is 101 Å². The molecular weight excluding hydrogens is 532 g/mol. The average Bonchev–Trinajstić information content (AvgIpc) is 3.01. The summed E-state index contributed by atoms with van der Waals surface area (Å²) >= 11 is 0. The number of aliphatic hydroxyl groups excluding tert-OH is 2. The van der Waals surface area contributed by atoms with Crippen LogP contribution in [-0.4, -0.2) is 68.7 Å². The lowest BCUT2D eigenvalue weighted by atomic mass is 9.80. The van der Waals surface area contributed by atoms with Crippen molar-refractivity contribution in [3.05, 3.63) is 71.8 Å². The molecule has 2 aliphatic carbocycles. The Morgan fingerprint density at radius 2 is 0.952 bits per heavy atom. The number of ether oxygens (including phenoxy) is 2. The largest absolute Gasteiger partial charge is 0.443 e. The van der Waals surface area contributed by atoms with Crippen molar-refractivity contribution in [2.24, 2.45) is 0 Å². The third-order valence-electron chi connectivity index (χ3n) is 9.92. The van der Waals surface area contributed by atoms with Crippen LogP contribution in [-0.2, 0) is 9.47 Å². The van der Waals surface area contributed by atoms with Gasteiger partial charge in [-0.15, -0.1) is 0 Å². The summed E-state index contributed by atoms with van der Waals surface area (Å²) in [5.74, 6) is 0. The lowest BCUT2D eigenvalue weighted by molar-refractivity contribution is -0.0911. The topological polar surface area (TPSA) is 99.5 Å². The van der Waals surface area contributed by atoms with Crippen LogP contribution in [0.2, 0.25) is 0 Å². The highest BCUT2D eigenvalue weighted by Gasteiger charge is 2.45. The zero-order chi connectivity index (χ0) is 29.7. The van der Waals surface area contributed by atoms with Crippen LogP contribution in [0.5, 0.6) is 0 Å². The molecule has 2 heterocycles. The summed E-state index contributed by atoms with van der Waals surface area (Å²) in [6.45, 7) is 5.54. The lowest BCUT2D eigenvalue weighted by Gasteiger charge is -2.45. The van der Waals surface area contributed by atoms with Crippen molar-refractivity contribution in [2.75, 3.05) is 13.1 Å². The summed E-state index contributed by atoms with van der Waals surface area (Å²) in [5.41, 5.74) is 1.60. The van der Waals surface area contributed by atoms with E-state index in [-0.39, 0.29) is 47.7 Å². The second kappa shape index (κ2) is 13.0. The van der Waals surface area contributed by atoms with Crippen molar-refractivity contribution in [1.82, 2.24) is 9.80 Å². The van der Waals surface area contributed by atoms with Gasteiger partial charge in [-0.25, -0.2) is 9.59 Å². The number of rotatable bonds is 4. The molecule has 6 rings (SSSR count). The quantitative estimate of drug-likeness (QED) is 0.428.